The van der Waals surface area contributed by atoms with E-state index in [9.17, 15) is 4.79 Å². The van der Waals surface area contributed by atoms with Crippen LogP contribution >= 0.6 is 0 Å². The molecule has 1 N–H and O–H groups in total. The predicted molar refractivity (Wildman–Crippen MR) is 76.2 cm³/mol. The van der Waals surface area contributed by atoms with Gasteiger partial charge in [0.1, 0.15) is 0 Å². The molecule has 19 heavy (non-hydrogen) atoms. The first-order chi connectivity index (χ1) is 9.26. The fraction of sp³-hybridized carbons (Fsp3) is 0.562. The van der Waals surface area contributed by atoms with Crippen LogP contribution in [0.3, 0.4) is 0 Å². The van der Waals surface area contributed by atoms with Gasteiger partial charge in [-0.15, -0.1) is 0 Å². The highest BCUT2D eigenvalue weighted by atomic mass is 16.1. The van der Waals surface area contributed by atoms with E-state index in [2.05, 4.69) is 29.3 Å². The van der Waals surface area contributed by atoms with Crippen LogP contribution in [0.1, 0.15) is 47.7 Å². The molecule has 102 valence electrons. The van der Waals surface area contributed by atoms with Crippen LogP contribution in [-0.2, 0) is 13.0 Å². The van der Waals surface area contributed by atoms with Gasteiger partial charge in [-0.2, -0.15) is 0 Å². The van der Waals surface area contributed by atoms with E-state index in [1.54, 1.807) is 0 Å². The number of benzene rings is 1. The Balaban J connectivity index is 1.71. The number of fused-ring (bicyclic) bond motifs is 1. The third kappa shape index (κ3) is 2.98. The number of nitrogens with zero attached hydrogens (tertiary/aromatic N) is 1. The number of carbonyl (C=O) groups excluding carboxylic acids is 1. The molecule has 1 aromatic carbocycles. The van der Waals surface area contributed by atoms with Crippen molar-refractivity contribution in [3.05, 3.63) is 34.9 Å². The summed E-state index contributed by atoms with van der Waals surface area (Å²) in [5.74, 6) is 0.0984. The van der Waals surface area contributed by atoms with E-state index < -0.39 is 0 Å². The number of hydrogen-bond acceptors (Lipinski definition) is 2. The van der Waals surface area contributed by atoms with Crippen LogP contribution in [0.25, 0.3) is 0 Å². The summed E-state index contributed by atoms with van der Waals surface area (Å²) in [4.78, 5) is 14.5. The second-order valence-corrected chi connectivity index (χ2v) is 5.76. The van der Waals surface area contributed by atoms with E-state index in [1.165, 1.54) is 24.1 Å². The summed E-state index contributed by atoms with van der Waals surface area (Å²) in [5.41, 5.74) is 3.58. The fourth-order valence-corrected chi connectivity index (χ4v) is 2.76. The van der Waals surface area contributed by atoms with E-state index in [4.69, 9.17) is 0 Å². The smallest absolute Gasteiger partial charge is 0.251 e. The minimum absolute atomic E-state index is 0.0984. The first kappa shape index (κ1) is 12.7. The molecule has 1 amide bonds. The van der Waals surface area contributed by atoms with E-state index in [-0.39, 0.29) is 5.91 Å². The van der Waals surface area contributed by atoms with Crippen molar-refractivity contribution < 1.29 is 4.79 Å². The van der Waals surface area contributed by atoms with Crippen LogP contribution in [0.15, 0.2) is 18.2 Å². The lowest BCUT2D eigenvalue weighted by molar-refractivity contribution is 0.0951. The molecule has 1 heterocycles. The molecule has 0 radical (unpaired) electrons. The Morgan fingerprint density at radius 2 is 2.21 bits per heavy atom. The van der Waals surface area contributed by atoms with Crippen LogP contribution in [0, 0.1) is 0 Å². The molecule has 1 saturated carbocycles. The number of amides is 1. The molecule has 3 nitrogen and oxygen atoms in total. The number of nitrogens with one attached hydrogen (secondary N) is 1. The maximum absolute atomic E-state index is 12.0. The van der Waals surface area contributed by atoms with Crippen LogP contribution < -0.4 is 5.32 Å². The average Bonchev–Trinajstić information content (AvgIpc) is 3.22. The second-order valence-electron chi connectivity index (χ2n) is 5.76. The van der Waals surface area contributed by atoms with Crippen molar-refractivity contribution >= 4 is 5.91 Å². The molecule has 1 aliphatic heterocycles. The SMILES string of the molecule is CCCN1CCc2cc(C(=O)NC3CC3)ccc2C1. The lowest BCUT2D eigenvalue weighted by Gasteiger charge is -2.28. The van der Waals surface area contributed by atoms with Crippen LogP contribution in [0.5, 0.6) is 0 Å². The van der Waals surface area contributed by atoms with Gasteiger partial charge in [0.15, 0.2) is 0 Å². The van der Waals surface area contributed by atoms with Crippen molar-refractivity contribution in [3.8, 4) is 0 Å². The molecule has 1 aliphatic carbocycles. The third-order valence-electron chi connectivity index (χ3n) is 4.01. The average molecular weight is 258 g/mol. The van der Waals surface area contributed by atoms with E-state index >= 15 is 0 Å². The standard InChI is InChI=1S/C16H22N2O/c1-2-8-18-9-7-12-10-13(3-4-14(12)11-18)16(19)17-15-5-6-15/h3-4,10,15H,2,5-9,11H2,1H3,(H,17,19). The predicted octanol–water partition coefficient (Wildman–Crippen LogP) is 2.35. The third-order valence-corrected chi connectivity index (χ3v) is 4.01. The maximum Gasteiger partial charge on any atom is 0.251 e. The van der Waals surface area contributed by atoms with Gasteiger partial charge in [-0.3, -0.25) is 9.69 Å². The molecule has 0 bridgehead atoms. The molecule has 0 aromatic heterocycles. The molecule has 0 atom stereocenters. The van der Waals surface area contributed by atoms with Gasteiger partial charge in [0, 0.05) is 24.7 Å². The Hall–Kier alpha value is -1.35. The van der Waals surface area contributed by atoms with Gasteiger partial charge in [0.05, 0.1) is 0 Å². The van der Waals surface area contributed by atoms with Gasteiger partial charge in [-0.25, -0.2) is 0 Å². The van der Waals surface area contributed by atoms with Crippen LogP contribution in [0.4, 0.5) is 0 Å². The molecule has 3 heteroatoms. The molecular weight excluding hydrogens is 236 g/mol. The summed E-state index contributed by atoms with van der Waals surface area (Å²) in [6.07, 6.45) is 4.56. The van der Waals surface area contributed by atoms with Crippen LogP contribution in [-0.4, -0.2) is 29.9 Å². The Bertz CT molecular complexity index is 480. The maximum atomic E-state index is 12.0. The van der Waals surface area contributed by atoms with Crippen molar-refractivity contribution in [3.63, 3.8) is 0 Å². The van der Waals surface area contributed by atoms with Crippen LogP contribution in [0.2, 0.25) is 0 Å². The quantitative estimate of drug-likeness (QED) is 0.899. The lowest BCUT2D eigenvalue weighted by Crippen LogP contribution is -2.31. The first-order valence-electron chi connectivity index (χ1n) is 7.41. The topological polar surface area (TPSA) is 32.3 Å². The summed E-state index contributed by atoms with van der Waals surface area (Å²) in [6.45, 7) is 5.55. The monoisotopic (exact) mass is 258 g/mol. The summed E-state index contributed by atoms with van der Waals surface area (Å²) in [5, 5.41) is 3.06. The molecule has 0 spiro atoms. The molecular formula is C16H22N2O. The summed E-state index contributed by atoms with van der Waals surface area (Å²) in [7, 11) is 0. The van der Waals surface area contributed by atoms with E-state index in [0.29, 0.717) is 6.04 Å². The molecule has 1 aromatic rings. The Kier molecular flexibility index (Phi) is 3.56. The fourth-order valence-electron chi connectivity index (χ4n) is 2.76. The van der Waals surface area contributed by atoms with Gasteiger partial charge in [-0.1, -0.05) is 13.0 Å². The molecule has 3 rings (SSSR count). The summed E-state index contributed by atoms with van der Waals surface area (Å²) in [6, 6.07) is 6.64. The minimum Gasteiger partial charge on any atom is -0.349 e. The molecule has 1 fully saturated rings. The first-order valence-corrected chi connectivity index (χ1v) is 7.41. The highest BCUT2D eigenvalue weighted by Crippen LogP contribution is 2.22. The Labute approximate surface area is 115 Å². The van der Waals surface area contributed by atoms with Gasteiger partial charge in [-0.05, 0) is 55.5 Å². The van der Waals surface area contributed by atoms with Gasteiger partial charge >= 0.3 is 0 Å². The lowest BCUT2D eigenvalue weighted by atomic mass is 9.97. The summed E-state index contributed by atoms with van der Waals surface area (Å²) < 4.78 is 0. The molecule has 2 aliphatic rings. The second kappa shape index (κ2) is 5.33. The molecule has 0 unspecified atom stereocenters. The largest absolute Gasteiger partial charge is 0.349 e. The zero-order valence-corrected chi connectivity index (χ0v) is 11.6. The van der Waals surface area contributed by atoms with Crippen molar-refractivity contribution in [2.24, 2.45) is 0 Å². The van der Waals surface area contributed by atoms with Crippen molar-refractivity contribution in [2.45, 2.75) is 45.2 Å². The molecule has 0 saturated heterocycles. The highest BCUT2D eigenvalue weighted by Gasteiger charge is 2.24. The Morgan fingerprint density at radius 1 is 1.37 bits per heavy atom. The van der Waals surface area contributed by atoms with Crippen molar-refractivity contribution in [1.82, 2.24) is 10.2 Å². The van der Waals surface area contributed by atoms with E-state index in [1.807, 2.05) is 6.07 Å². The zero-order chi connectivity index (χ0) is 13.2. The Morgan fingerprint density at radius 3 is 2.95 bits per heavy atom. The number of hydrogen-bond donors (Lipinski definition) is 1. The highest BCUT2D eigenvalue weighted by molar-refractivity contribution is 5.94. The minimum atomic E-state index is 0.0984. The van der Waals surface area contributed by atoms with Gasteiger partial charge in [0.25, 0.3) is 5.91 Å². The normalized spacial score (nSPS) is 19.0. The van der Waals surface area contributed by atoms with E-state index in [0.717, 1.165) is 37.9 Å². The zero-order valence-electron chi connectivity index (χ0n) is 11.6. The number of rotatable bonds is 4. The van der Waals surface area contributed by atoms with Gasteiger partial charge < -0.3 is 5.32 Å². The summed E-state index contributed by atoms with van der Waals surface area (Å²) >= 11 is 0. The number of carbonyl (C=O) groups is 1. The van der Waals surface area contributed by atoms with Crippen molar-refractivity contribution in [2.75, 3.05) is 13.1 Å². The van der Waals surface area contributed by atoms with Gasteiger partial charge in [0.2, 0.25) is 0 Å². The van der Waals surface area contributed by atoms with Crippen molar-refractivity contribution in [1.29, 1.82) is 0 Å².